The molecule has 2 aliphatic rings. The molecule has 0 aliphatic carbocycles. The van der Waals surface area contributed by atoms with Crippen molar-refractivity contribution < 1.29 is 9.53 Å². The lowest BCUT2D eigenvalue weighted by molar-refractivity contribution is 0.0536. The number of nitrogens with one attached hydrogen (secondary N) is 1. The van der Waals surface area contributed by atoms with Gasteiger partial charge >= 0.3 is 0 Å². The Balaban J connectivity index is 1.37. The van der Waals surface area contributed by atoms with Crippen molar-refractivity contribution in [1.29, 1.82) is 5.26 Å². The number of amides is 1. The van der Waals surface area contributed by atoms with E-state index in [1.165, 1.54) is 5.56 Å². The molecule has 1 N–H and O–H groups in total. The van der Waals surface area contributed by atoms with E-state index in [4.69, 9.17) is 10.00 Å². The fourth-order valence-corrected chi connectivity index (χ4v) is 5.31. The van der Waals surface area contributed by atoms with Crippen LogP contribution in [0.15, 0.2) is 42.7 Å². The number of rotatable bonds is 5. The summed E-state index contributed by atoms with van der Waals surface area (Å²) < 4.78 is 7.65. The lowest BCUT2D eigenvalue weighted by atomic mass is 9.88. The molecule has 0 radical (unpaired) electrons. The van der Waals surface area contributed by atoms with E-state index < -0.39 is 0 Å². The summed E-state index contributed by atoms with van der Waals surface area (Å²) in [7, 11) is 0. The monoisotopic (exact) mass is 484 g/mol. The molecule has 2 aliphatic heterocycles. The van der Waals surface area contributed by atoms with Crippen molar-refractivity contribution >= 4 is 5.91 Å². The third-order valence-electron chi connectivity index (χ3n) is 7.41. The van der Waals surface area contributed by atoms with Crippen LogP contribution in [0.25, 0.3) is 11.4 Å². The van der Waals surface area contributed by atoms with Gasteiger partial charge in [0.1, 0.15) is 12.5 Å². The third-order valence-corrected chi connectivity index (χ3v) is 7.41. The first-order valence-corrected chi connectivity index (χ1v) is 12.7. The normalized spacial score (nSPS) is 18.7. The summed E-state index contributed by atoms with van der Waals surface area (Å²) in [5.41, 5.74) is 5.73. The number of hydrogen-bond donors (Lipinski definition) is 1. The SMILES string of the molecule is CCc1cc(C)c(-c2nncn2C2COCCN2)cc1C(=O)N1CCC(c2ccc(C#N)cc2)CC1. The molecule has 8 nitrogen and oxygen atoms in total. The van der Waals surface area contributed by atoms with Crippen molar-refractivity contribution in [1.82, 2.24) is 25.0 Å². The lowest BCUT2D eigenvalue weighted by Crippen LogP contribution is -2.38. The highest BCUT2D eigenvalue weighted by molar-refractivity contribution is 5.97. The smallest absolute Gasteiger partial charge is 0.254 e. The number of carbonyl (C=O) groups is 1. The maximum Gasteiger partial charge on any atom is 0.254 e. The van der Waals surface area contributed by atoms with Crippen molar-refractivity contribution in [3.05, 3.63) is 70.5 Å². The molecule has 1 amide bonds. The zero-order valence-electron chi connectivity index (χ0n) is 20.9. The molecule has 2 saturated heterocycles. The van der Waals surface area contributed by atoms with E-state index in [-0.39, 0.29) is 12.1 Å². The largest absolute Gasteiger partial charge is 0.377 e. The number of hydrogen-bond acceptors (Lipinski definition) is 6. The topological polar surface area (TPSA) is 96.1 Å². The Hall–Kier alpha value is -3.54. The van der Waals surface area contributed by atoms with Gasteiger partial charge in [-0.2, -0.15) is 5.26 Å². The minimum absolute atomic E-state index is 0.0330. The number of aryl methyl sites for hydroxylation is 2. The number of benzene rings is 2. The zero-order valence-corrected chi connectivity index (χ0v) is 20.9. The van der Waals surface area contributed by atoms with Gasteiger partial charge in [-0.3, -0.25) is 14.7 Å². The fraction of sp³-hybridized carbons (Fsp3) is 0.429. The van der Waals surface area contributed by atoms with Gasteiger partial charge in [-0.25, -0.2) is 0 Å². The van der Waals surface area contributed by atoms with Crippen molar-refractivity contribution in [2.75, 3.05) is 32.8 Å². The van der Waals surface area contributed by atoms with Crippen LogP contribution in [0, 0.1) is 18.3 Å². The van der Waals surface area contributed by atoms with E-state index in [0.717, 1.165) is 67.0 Å². The van der Waals surface area contributed by atoms with Crippen LogP contribution in [0.3, 0.4) is 0 Å². The van der Waals surface area contributed by atoms with E-state index in [0.29, 0.717) is 24.7 Å². The van der Waals surface area contributed by atoms with Crippen molar-refractivity contribution in [3.8, 4) is 17.5 Å². The van der Waals surface area contributed by atoms with Gasteiger partial charge in [0.25, 0.3) is 5.91 Å². The van der Waals surface area contributed by atoms with Crippen LogP contribution in [0.4, 0.5) is 0 Å². The van der Waals surface area contributed by atoms with Crippen LogP contribution in [-0.2, 0) is 11.2 Å². The molecule has 186 valence electrons. The Kier molecular flexibility index (Phi) is 7.12. The minimum Gasteiger partial charge on any atom is -0.377 e. The van der Waals surface area contributed by atoms with Crippen molar-refractivity contribution in [2.45, 2.75) is 45.2 Å². The Labute approximate surface area is 211 Å². The summed E-state index contributed by atoms with van der Waals surface area (Å²) in [6.45, 7) is 7.61. The number of carbonyl (C=O) groups excluding carboxylic acids is 1. The Morgan fingerprint density at radius 1 is 1.22 bits per heavy atom. The molecule has 0 bridgehead atoms. The number of piperidine rings is 1. The second-order valence-corrected chi connectivity index (χ2v) is 9.58. The maximum absolute atomic E-state index is 13.7. The van der Waals surface area contributed by atoms with Crippen LogP contribution in [0.1, 0.15) is 64.5 Å². The maximum atomic E-state index is 13.7. The summed E-state index contributed by atoms with van der Waals surface area (Å²) in [5.74, 6) is 1.23. The molecule has 5 rings (SSSR count). The van der Waals surface area contributed by atoms with Gasteiger partial charge in [0.05, 0.1) is 24.8 Å². The molecular weight excluding hydrogens is 452 g/mol. The second kappa shape index (κ2) is 10.6. The first kappa shape index (κ1) is 24.2. The molecule has 36 heavy (non-hydrogen) atoms. The zero-order chi connectivity index (χ0) is 25.1. The molecule has 0 spiro atoms. The number of ether oxygens (including phenoxy) is 1. The number of likely N-dealkylation sites (tertiary alicyclic amines) is 1. The predicted molar refractivity (Wildman–Crippen MR) is 136 cm³/mol. The van der Waals surface area contributed by atoms with Crippen LogP contribution in [0.2, 0.25) is 0 Å². The summed E-state index contributed by atoms with van der Waals surface area (Å²) in [4.78, 5) is 15.7. The van der Waals surface area contributed by atoms with Crippen molar-refractivity contribution in [2.24, 2.45) is 0 Å². The van der Waals surface area contributed by atoms with Gasteiger partial charge in [-0.1, -0.05) is 25.1 Å². The van der Waals surface area contributed by atoms with Gasteiger partial charge in [0.2, 0.25) is 0 Å². The molecule has 0 saturated carbocycles. The number of aromatic nitrogens is 3. The van der Waals surface area contributed by atoms with Crippen LogP contribution >= 0.6 is 0 Å². The minimum atomic E-state index is -0.0330. The Morgan fingerprint density at radius 2 is 2.00 bits per heavy atom. The number of nitriles is 1. The predicted octanol–water partition coefficient (Wildman–Crippen LogP) is 3.83. The van der Waals surface area contributed by atoms with E-state index >= 15 is 0 Å². The highest BCUT2D eigenvalue weighted by atomic mass is 16.5. The average molecular weight is 485 g/mol. The lowest BCUT2D eigenvalue weighted by Gasteiger charge is -2.33. The summed E-state index contributed by atoms with van der Waals surface area (Å²) in [6.07, 6.45) is 4.31. The van der Waals surface area contributed by atoms with Crippen LogP contribution < -0.4 is 5.32 Å². The Morgan fingerprint density at radius 3 is 2.67 bits per heavy atom. The molecular formula is C28H32N6O2. The highest BCUT2D eigenvalue weighted by Crippen LogP contribution is 2.32. The molecule has 2 aromatic carbocycles. The molecule has 2 fully saturated rings. The highest BCUT2D eigenvalue weighted by Gasteiger charge is 2.27. The van der Waals surface area contributed by atoms with Crippen LogP contribution in [0.5, 0.6) is 0 Å². The second-order valence-electron chi connectivity index (χ2n) is 9.58. The van der Waals surface area contributed by atoms with Gasteiger partial charge in [-0.15, -0.1) is 10.2 Å². The summed E-state index contributed by atoms with van der Waals surface area (Å²) in [5, 5.41) is 21.1. The number of nitrogens with zero attached hydrogens (tertiary/aromatic N) is 5. The standard InChI is InChI=1S/C28H32N6O2/c1-3-21-14-19(2)24(27-32-31-18-34(27)26-17-36-13-10-30-26)15-25(21)28(35)33-11-8-23(9-12-33)22-6-4-20(16-29)5-7-22/h4-7,14-15,18,23,26,30H,3,8-13,17H2,1-2H3. The molecule has 1 unspecified atom stereocenters. The molecule has 3 aromatic rings. The Bertz CT molecular complexity index is 1260. The molecule has 8 heteroatoms. The first-order valence-electron chi connectivity index (χ1n) is 12.7. The molecule has 1 atom stereocenters. The fourth-order valence-electron chi connectivity index (χ4n) is 5.31. The summed E-state index contributed by atoms with van der Waals surface area (Å²) >= 11 is 0. The van der Waals surface area contributed by atoms with Crippen molar-refractivity contribution in [3.63, 3.8) is 0 Å². The van der Waals surface area contributed by atoms with Gasteiger partial charge in [0.15, 0.2) is 5.82 Å². The van der Waals surface area contributed by atoms with Crippen LogP contribution in [-0.4, -0.2) is 58.4 Å². The third kappa shape index (κ3) is 4.77. The van der Waals surface area contributed by atoms with E-state index in [9.17, 15) is 4.79 Å². The quantitative estimate of drug-likeness (QED) is 0.591. The molecule has 1 aromatic heterocycles. The molecule has 3 heterocycles. The number of morpholine rings is 1. The summed E-state index contributed by atoms with van der Waals surface area (Å²) in [6, 6.07) is 14.2. The van der Waals surface area contributed by atoms with Gasteiger partial charge in [-0.05, 0) is 67.0 Å². The average Bonchev–Trinajstić information content (AvgIpc) is 3.43. The van der Waals surface area contributed by atoms with Gasteiger partial charge in [0, 0.05) is 30.8 Å². The first-order chi connectivity index (χ1) is 17.6. The van der Waals surface area contributed by atoms with E-state index in [1.807, 2.05) is 39.8 Å². The van der Waals surface area contributed by atoms with Gasteiger partial charge < -0.3 is 9.64 Å². The van der Waals surface area contributed by atoms with E-state index in [2.05, 4.69) is 41.5 Å². The van der Waals surface area contributed by atoms with E-state index in [1.54, 1.807) is 6.33 Å².